The Bertz CT molecular complexity index is 385. The van der Waals surface area contributed by atoms with Crippen LogP contribution in [0.15, 0.2) is 15.9 Å². The highest BCUT2D eigenvalue weighted by Gasteiger charge is 2.20. The Morgan fingerprint density at radius 1 is 1.65 bits per heavy atom. The van der Waals surface area contributed by atoms with E-state index in [1.165, 1.54) is 11.3 Å². The second-order valence-electron chi connectivity index (χ2n) is 4.18. The molecule has 17 heavy (non-hydrogen) atoms. The molecule has 1 amide bonds. The fraction of sp³-hybridized carbons (Fsp3) is 0.545. The summed E-state index contributed by atoms with van der Waals surface area (Å²) < 4.78 is 0.973. The van der Waals surface area contributed by atoms with E-state index in [1.807, 2.05) is 11.4 Å². The van der Waals surface area contributed by atoms with Crippen molar-refractivity contribution in [1.29, 1.82) is 0 Å². The average molecular weight is 340 g/mol. The number of amides is 1. The number of halogens is 2. The van der Waals surface area contributed by atoms with E-state index in [0.717, 1.165) is 28.7 Å². The van der Waals surface area contributed by atoms with Crippen molar-refractivity contribution in [2.75, 3.05) is 6.54 Å². The van der Waals surface area contributed by atoms with E-state index in [9.17, 15) is 4.79 Å². The average Bonchev–Trinajstić information content (AvgIpc) is 2.65. The third-order valence-corrected chi connectivity index (χ3v) is 4.44. The van der Waals surface area contributed by atoms with Gasteiger partial charge >= 0.3 is 0 Å². The Balaban J connectivity index is 0.00000144. The maximum absolute atomic E-state index is 11.9. The second kappa shape index (κ2) is 6.73. The Hall–Kier alpha value is -0.100. The van der Waals surface area contributed by atoms with E-state index in [-0.39, 0.29) is 18.3 Å². The van der Waals surface area contributed by atoms with Crippen LogP contribution in [0.25, 0.3) is 0 Å². The minimum Gasteiger partial charge on any atom is -0.349 e. The van der Waals surface area contributed by atoms with Crippen molar-refractivity contribution in [2.24, 2.45) is 0 Å². The first kappa shape index (κ1) is 15.0. The SMILES string of the molecule is CC1CC(NC(=O)c2cc(Br)cs2)CCN1.Cl. The molecule has 3 nitrogen and oxygen atoms in total. The predicted molar refractivity (Wildman–Crippen MR) is 77.2 cm³/mol. The Morgan fingerprint density at radius 2 is 2.41 bits per heavy atom. The molecule has 0 saturated carbocycles. The number of carbonyl (C=O) groups is 1. The zero-order valence-electron chi connectivity index (χ0n) is 9.53. The third-order valence-electron chi connectivity index (χ3n) is 2.75. The van der Waals surface area contributed by atoms with Gasteiger partial charge in [0.1, 0.15) is 0 Å². The highest BCUT2D eigenvalue weighted by Crippen LogP contribution is 2.20. The molecule has 1 aliphatic heterocycles. The molecule has 0 bridgehead atoms. The molecule has 0 aliphatic carbocycles. The zero-order valence-corrected chi connectivity index (χ0v) is 12.8. The molecule has 0 spiro atoms. The van der Waals surface area contributed by atoms with Gasteiger partial charge in [-0.15, -0.1) is 23.7 Å². The van der Waals surface area contributed by atoms with Gasteiger partial charge in [-0.25, -0.2) is 0 Å². The zero-order chi connectivity index (χ0) is 11.5. The summed E-state index contributed by atoms with van der Waals surface area (Å²) in [6, 6.07) is 2.67. The van der Waals surface area contributed by atoms with Crippen LogP contribution in [-0.4, -0.2) is 24.5 Å². The minimum absolute atomic E-state index is 0. The first-order valence-corrected chi connectivity index (χ1v) is 7.10. The largest absolute Gasteiger partial charge is 0.349 e. The van der Waals surface area contributed by atoms with Gasteiger partial charge in [-0.3, -0.25) is 4.79 Å². The van der Waals surface area contributed by atoms with Crippen LogP contribution in [0.5, 0.6) is 0 Å². The summed E-state index contributed by atoms with van der Waals surface area (Å²) in [6.45, 7) is 3.14. The van der Waals surface area contributed by atoms with Gasteiger partial charge in [0, 0.05) is 21.9 Å². The van der Waals surface area contributed by atoms with Crippen LogP contribution in [0.3, 0.4) is 0 Å². The number of carbonyl (C=O) groups excluding carboxylic acids is 1. The lowest BCUT2D eigenvalue weighted by molar-refractivity contribution is 0.0930. The van der Waals surface area contributed by atoms with E-state index in [0.29, 0.717) is 12.1 Å². The standard InChI is InChI=1S/C11H15BrN2OS.ClH/c1-7-4-9(2-3-13-7)14-11(15)10-5-8(12)6-16-10;/h5-7,9,13H,2-4H2,1H3,(H,14,15);1H. The van der Waals surface area contributed by atoms with Gasteiger partial charge in [0.15, 0.2) is 0 Å². The van der Waals surface area contributed by atoms with Gasteiger partial charge in [-0.2, -0.15) is 0 Å². The number of piperidine rings is 1. The van der Waals surface area contributed by atoms with E-state index in [1.54, 1.807) is 0 Å². The highest BCUT2D eigenvalue weighted by atomic mass is 79.9. The van der Waals surface area contributed by atoms with Crippen LogP contribution in [0.2, 0.25) is 0 Å². The molecule has 2 rings (SSSR count). The summed E-state index contributed by atoms with van der Waals surface area (Å²) in [7, 11) is 0. The number of nitrogens with one attached hydrogen (secondary N) is 2. The van der Waals surface area contributed by atoms with Crippen molar-refractivity contribution in [2.45, 2.75) is 31.8 Å². The summed E-state index contributed by atoms with van der Waals surface area (Å²) in [4.78, 5) is 12.7. The normalized spacial score (nSPS) is 23.9. The Labute approximate surface area is 120 Å². The van der Waals surface area contributed by atoms with Crippen molar-refractivity contribution >= 4 is 45.6 Å². The van der Waals surface area contributed by atoms with E-state index in [2.05, 4.69) is 33.5 Å². The van der Waals surface area contributed by atoms with Gasteiger partial charge in [0.05, 0.1) is 4.88 Å². The lowest BCUT2D eigenvalue weighted by Crippen LogP contribution is -2.46. The van der Waals surface area contributed by atoms with E-state index >= 15 is 0 Å². The number of rotatable bonds is 2. The second-order valence-corrected chi connectivity index (χ2v) is 6.01. The molecule has 2 heterocycles. The predicted octanol–water partition coefficient (Wildman–Crippen LogP) is 2.80. The maximum atomic E-state index is 11.9. The minimum atomic E-state index is 0. The van der Waals surface area contributed by atoms with Gasteiger partial charge in [-0.05, 0) is 48.3 Å². The topological polar surface area (TPSA) is 41.1 Å². The third kappa shape index (κ3) is 4.25. The number of hydrogen-bond donors (Lipinski definition) is 2. The van der Waals surface area contributed by atoms with Gasteiger partial charge in [-0.1, -0.05) is 0 Å². The monoisotopic (exact) mass is 338 g/mol. The van der Waals surface area contributed by atoms with Crippen molar-refractivity contribution in [3.8, 4) is 0 Å². The van der Waals surface area contributed by atoms with Gasteiger partial charge < -0.3 is 10.6 Å². The molecule has 2 N–H and O–H groups in total. The summed E-state index contributed by atoms with van der Waals surface area (Å²) in [5.74, 6) is 0.0507. The smallest absolute Gasteiger partial charge is 0.261 e. The molecule has 6 heteroatoms. The first-order chi connectivity index (χ1) is 7.65. The van der Waals surface area contributed by atoms with Crippen LogP contribution >= 0.6 is 39.7 Å². The van der Waals surface area contributed by atoms with E-state index < -0.39 is 0 Å². The maximum Gasteiger partial charge on any atom is 0.261 e. The molecule has 1 saturated heterocycles. The molecule has 1 aromatic heterocycles. The van der Waals surface area contributed by atoms with Crippen molar-refractivity contribution in [3.63, 3.8) is 0 Å². The van der Waals surface area contributed by atoms with Crippen LogP contribution < -0.4 is 10.6 Å². The molecular weight excluding hydrogens is 324 g/mol. The molecule has 1 fully saturated rings. The van der Waals surface area contributed by atoms with Gasteiger partial charge in [0.25, 0.3) is 5.91 Å². The van der Waals surface area contributed by atoms with Gasteiger partial charge in [0.2, 0.25) is 0 Å². The van der Waals surface area contributed by atoms with Crippen LogP contribution in [0, 0.1) is 0 Å². The fourth-order valence-electron chi connectivity index (χ4n) is 1.95. The lowest BCUT2D eigenvalue weighted by atomic mass is 10.0. The van der Waals surface area contributed by atoms with Crippen LogP contribution in [0.4, 0.5) is 0 Å². The number of hydrogen-bond acceptors (Lipinski definition) is 3. The first-order valence-electron chi connectivity index (χ1n) is 5.43. The quantitative estimate of drug-likeness (QED) is 0.870. The van der Waals surface area contributed by atoms with E-state index in [4.69, 9.17) is 0 Å². The summed E-state index contributed by atoms with van der Waals surface area (Å²) in [5.41, 5.74) is 0. The highest BCUT2D eigenvalue weighted by molar-refractivity contribution is 9.10. The molecule has 96 valence electrons. The van der Waals surface area contributed by atoms with Crippen molar-refractivity contribution in [3.05, 3.63) is 20.8 Å². The fourth-order valence-corrected chi connectivity index (χ4v) is 3.28. The molecule has 0 aromatic carbocycles. The lowest BCUT2D eigenvalue weighted by Gasteiger charge is -2.28. The summed E-state index contributed by atoms with van der Waals surface area (Å²) in [6.07, 6.45) is 2.03. The molecule has 2 atom stereocenters. The van der Waals surface area contributed by atoms with Crippen LogP contribution in [0.1, 0.15) is 29.4 Å². The Kier molecular flexibility index (Phi) is 5.92. The van der Waals surface area contributed by atoms with Crippen molar-refractivity contribution < 1.29 is 4.79 Å². The number of thiophene rings is 1. The van der Waals surface area contributed by atoms with Crippen LogP contribution in [-0.2, 0) is 0 Å². The summed E-state index contributed by atoms with van der Waals surface area (Å²) >= 11 is 4.83. The summed E-state index contributed by atoms with van der Waals surface area (Å²) in [5, 5.41) is 8.39. The van der Waals surface area contributed by atoms with Crippen molar-refractivity contribution in [1.82, 2.24) is 10.6 Å². The molecular formula is C11H16BrClN2OS. The molecule has 2 unspecified atom stereocenters. The molecule has 1 aromatic rings. The molecule has 0 radical (unpaired) electrons. The molecule has 1 aliphatic rings. The Morgan fingerprint density at radius 3 is 3.00 bits per heavy atom.